The summed E-state index contributed by atoms with van der Waals surface area (Å²) in [6.45, 7) is 5.74. The highest BCUT2D eigenvalue weighted by Crippen LogP contribution is 2.46. The van der Waals surface area contributed by atoms with Crippen LogP contribution in [0.3, 0.4) is 0 Å². The number of aryl methyl sites for hydroxylation is 2. The lowest BCUT2D eigenvalue weighted by atomic mass is 9.76. The first-order chi connectivity index (χ1) is 11.0. The molecule has 1 heterocycles. The van der Waals surface area contributed by atoms with Gasteiger partial charge in [0.1, 0.15) is 0 Å². The van der Waals surface area contributed by atoms with Gasteiger partial charge < -0.3 is 15.0 Å². The molecule has 0 radical (unpaired) electrons. The molecule has 0 aromatic heterocycles. The largest absolute Gasteiger partial charge is 0.381 e. The molecule has 1 aromatic rings. The summed E-state index contributed by atoms with van der Waals surface area (Å²) in [5.74, 6) is 0. The first kappa shape index (κ1) is 16.3. The van der Waals surface area contributed by atoms with E-state index in [1.165, 1.54) is 19.3 Å². The fraction of sp³-hybridized carbons (Fsp3) is 0.632. The molecule has 3 rings (SSSR count). The second-order valence-electron chi connectivity index (χ2n) is 7.25. The van der Waals surface area contributed by atoms with Crippen molar-refractivity contribution < 1.29 is 9.53 Å². The van der Waals surface area contributed by atoms with E-state index in [0.717, 1.165) is 42.7 Å². The molecule has 0 unspecified atom stereocenters. The van der Waals surface area contributed by atoms with Crippen molar-refractivity contribution in [2.75, 3.05) is 25.5 Å². The highest BCUT2D eigenvalue weighted by molar-refractivity contribution is 5.90. The van der Waals surface area contributed by atoms with E-state index < -0.39 is 0 Å². The van der Waals surface area contributed by atoms with Gasteiger partial charge in [-0.3, -0.25) is 0 Å². The Morgan fingerprint density at radius 1 is 1.30 bits per heavy atom. The van der Waals surface area contributed by atoms with Crippen molar-refractivity contribution >= 4 is 11.7 Å². The predicted octanol–water partition coefficient (Wildman–Crippen LogP) is 4.12. The minimum absolute atomic E-state index is 0.0273. The van der Waals surface area contributed by atoms with Crippen LogP contribution >= 0.6 is 0 Å². The number of anilines is 1. The van der Waals surface area contributed by atoms with Crippen molar-refractivity contribution in [3.8, 4) is 0 Å². The van der Waals surface area contributed by atoms with E-state index in [-0.39, 0.29) is 11.4 Å². The smallest absolute Gasteiger partial charge is 0.321 e. The number of methoxy groups -OCH3 is 1. The van der Waals surface area contributed by atoms with Crippen LogP contribution in [0.25, 0.3) is 0 Å². The lowest BCUT2D eigenvalue weighted by Gasteiger charge is -2.43. The summed E-state index contributed by atoms with van der Waals surface area (Å²) >= 11 is 0. The van der Waals surface area contributed by atoms with Crippen molar-refractivity contribution in [2.24, 2.45) is 5.41 Å². The van der Waals surface area contributed by atoms with Crippen LogP contribution in [0.1, 0.15) is 43.2 Å². The molecule has 1 aliphatic heterocycles. The van der Waals surface area contributed by atoms with E-state index in [2.05, 4.69) is 17.4 Å². The molecule has 1 N–H and O–H groups in total. The van der Waals surface area contributed by atoms with Gasteiger partial charge >= 0.3 is 6.03 Å². The zero-order valence-electron chi connectivity index (χ0n) is 14.5. The number of carbonyl (C=O) groups excluding carboxylic acids is 1. The van der Waals surface area contributed by atoms with Gasteiger partial charge in [-0.25, -0.2) is 4.79 Å². The van der Waals surface area contributed by atoms with Crippen LogP contribution in [0, 0.1) is 19.3 Å². The molecule has 1 aliphatic carbocycles. The Bertz CT molecular complexity index is 587. The van der Waals surface area contributed by atoms with Gasteiger partial charge in [0.2, 0.25) is 0 Å². The molecule has 1 aromatic carbocycles. The number of hydrogen-bond donors (Lipinski definition) is 1. The molecule has 1 saturated heterocycles. The lowest BCUT2D eigenvalue weighted by Crippen LogP contribution is -2.51. The number of amides is 2. The van der Waals surface area contributed by atoms with Gasteiger partial charge in [0.05, 0.1) is 6.10 Å². The standard InChI is InChI=1S/C19H28N2O2/c1-14-7-8-15(2)16(12-14)20-18(22)21-11-5-10-19(13-21)9-4-6-17(19)23-3/h7-8,12,17H,4-6,9-11,13H2,1-3H3,(H,20,22)/t17-,19-/m1/s1. The molecule has 2 amide bonds. The number of urea groups is 1. The number of likely N-dealkylation sites (tertiary alicyclic amines) is 1. The third-order valence-electron chi connectivity index (χ3n) is 5.64. The maximum absolute atomic E-state index is 12.7. The van der Waals surface area contributed by atoms with Gasteiger partial charge in [-0.1, -0.05) is 18.6 Å². The van der Waals surface area contributed by atoms with E-state index in [1.807, 2.05) is 31.9 Å². The van der Waals surface area contributed by atoms with Gasteiger partial charge in [0, 0.05) is 31.3 Å². The first-order valence-electron chi connectivity index (χ1n) is 8.70. The average Bonchev–Trinajstić information content (AvgIpc) is 2.92. The van der Waals surface area contributed by atoms with Crippen molar-refractivity contribution in [2.45, 2.75) is 52.1 Å². The number of nitrogens with zero attached hydrogens (tertiary/aromatic N) is 1. The third kappa shape index (κ3) is 3.23. The molecule has 2 atom stereocenters. The fourth-order valence-electron chi connectivity index (χ4n) is 4.34. The van der Waals surface area contributed by atoms with Crippen molar-refractivity contribution in [1.82, 2.24) is 4.90 Å². The quantitative estimate of drug-likeness (QED) is 0.892. The number of hydrogen-bond acceptors (Lipinski definition) is 2. The van der Waals surface area contributed by atoms with Crippen molar-refractivity contribution in [3.63, 3.8) is 0 Å². The van der Waals surface area contributed by atoms with Crippen LogP contribution in [0.2, 0.25) is 0 Å². The van der Waals surface area contributed by atoms with E-state index >= 15 is 0 Å². The Hall–Kier alpha value is -1.55. The zero-order valence-corrected chi connectivity index (χ0v) is 14.5. The summed E-state index contributed by atoms with van der Waals surface area (Å²) in [6.07, 6.45) is 6.07. The van der Waals surface area contributed by atoms with Gasteiger partial charge in [-0.05, 0) is 56.7 Å². The number of piperidine rings is 1. The van der Waals surface area contributed by atoms with Crippen LogP contribution in [-0.2, 0) is 4.74 Å². The third-order valence-corrected chi connectivity index (χ3v) is 5.64. The summed E-state index contributed by atoms with van der Waals surface area (Å²) in [4.78, 5) is 14.7. The highest BCUT2D eigenvalue weighted by Gasteiger charge is 2.46. The molecule has 2 fully saturated rings. The Balaban J connectivity index is 1.71. The fourth-order valence-corrected chi connectivity index (χ4v) is 4.34. The van der Waals surface area contributed by atoms with E-state index in [0.29, 0.717) is 6.10 Å². The van der Waals surface area contributed by atoms with Gasteiger partial charge in [-0.15, -0.1) is 0 Å². The Morgan fingerprint density at radius 2 is 2.09 bits per heavy atom. The number of rotatable bonds is 2. The number of ether oxygens (including phenoxy) is 1. The van der Waals surface area contributed by atoms with Crippen LogP contribution in [-0.4, -0.2) is 37.2 Å². The molecule has 4 nitrogen and oxygen atoms in total. The van der Waals surface area contributed by atoms with Crippen LogP contribution in [0.4, 0.5) is 10.5 Å². The van der Waals surface area contributed by atoms with E-state index in [4.69, 9.17) is 4.74 Å². The summed E-state index contributed by atoms with van der Waals surface area (Å²) in [5, 5.41) is 3.11. The Morgan fingerprint density at radius 3 is 2.87 bits per heavy atom. The molecule has 0 bridgehead atoms. The number of benzene rings is 1. The molecule has 1 spiro atoms. The molecular weight excluding hydrogens is 288 g/mol. The second kappa shape index (κ2) is 6.52. The summed E-state index contributed by atoms with van der Waals surface area (Å²) in [5.41, 5.74) is 3.36. The lowest BCUT2D eigenvalue weighted by molar-refractivity contribution is -0.0244. The van der Waals surface area contributed by atoms with Gasteiger partial charge in [-0.2, -0.15) is 0 Å². The number of carbonyl (C=O) groups is 1. The van der Waals surface area contributed by atoms with Gasteiger partial charge in [0.15, 0.2) is 0 Å². The van der Waals surface area contributed by atoms with Crippen LogP contribution < -0.4 is 5.32 Å². The number of nitrogens with one attached hydrogen (secondary N) is 1. The molecular formula is C19H28N2O2. The van der Waals surface area contributed by atoms with Gasteiger partial charge in [0.25, 0.3) is 0 Å². The molecule has 4 heteroatoms. The molecule has 2 aliphatic rings. The normalized spacial score (nSPS) is 27.4. The predicted molar refractivity (Wildman–Crippen MR) is 92.8 cm³/mol. The maximum Gasteiger partial charge on any atom is 0.321 e. The zero-order chi connectivity index (χ0) is 16.4. The van der Waals surface area contributed by atoms with E-state index in [1.54, 1.807) is 0 Å². The molecule has 23 heavy (non-hydrogen) atoms. The highest BCUT2D eigenvalue weighted by atomic mass is 16.5. The molecule has 126 valence electrons. The average molecular weight is 316 g/mol. The summed E-state index contributed by atoms with van der Waals surface area (Å²) in [7, 11) is 1.81. The molecule has 1 saturated carbocycles. The Kier molecular flexibility index (Phi) is 4.62. The Labute approximate surface area is 139 Å². The minimum Gasteiger partial charge on any atom is -0.381 e. The van der Waals surface area contributed by atoms with E-state index in [9.17, 15) is 4.79 Å². The second-order valence-corrected chi connectivity index (χ2v) is 7.25. The van der Waals surface area contributed by atoms with Crippen LogP contribution in [0.5, 0.6) is 0 Å². The summed E-state index contributed by atoms with van der Waals surface area (Å²) < 4.78 is 5.73. The minimum atomic E-state index is 0.0273. The van der Waals surface area contributed by atoms with Crippen molar-refractivity contribution in [3.05, 3.63) is 29.3 Å². The SMILES string of the molecule is CO[C@@H]1CCC[C@]12CCCN(C(=O)Nc1cc(C)ccc1C)C2. The maximum atomic E-state index is 12.7. The topological polar surface area (TPSA) is 41.6 Å². The van der Waals surface area contributed by atoms with Crippen molar-refractivity contribution in [1.29, 1.82) is 0 Å². The van der Waals surface area contributed by atoms with Crippen LogP contribution in [0.15, 0.2) is 18.2 Å². The first-order valence-corrected chi connectivity index (χ1v) is 8.70. The monoisotopic (exact) mass is 316 g/mol. The summed E-state index contributed by atoms with van der Waals surface area (Å²) in [6, 6.07) is 6.20.